The molecule has 20 heavy (non-hydrogen) atoms. The Labute approximate surface area is 121 Å². The van der Waals surface area contributed by atoms with Gasteiger partial charge in [-0.2, -0.15) is 0 Å². The van der Waals surface area contributed by atoms with Crippen LogP contribution in [0, 0.1) is 0 Å². The minimum atomic E-state index is 0.129. The number of amides is 1. The first-order valence-corrected chi connectivity index (χ1v) is 7.40. The maximum absolute atomic E-state index is 11.8. The molecule has 0 saturated heterocycles. The molecule has 0 bridgehead atoms. The summed E-state index contributed by atoms with van der Waals surface area (Å²) < 4.78 is 4.96. The molecule has 0 aromatic heterocycles. The molecule has 1 aliphatic rings. The van der Waals surface area contributed by atoms with E-state index in [0.29, 0.717) is 19.6 Å². The third-order valence-electron chi connectivity index (χ3n) is 3.66. The number of anilines is 1. The number of nitrogens with zero attached hydrogens (tertiary/aromatic N) is 1. The van der Waals surface area contributed by atoms with Crippen molar-refractivity contribution in [3.63, 3.8) is 0 Å². The first kappa shape index (κ1) is 14.9. The summed E-state index contributed by atoms with van der Waals surface area (Å²) in [6.45, 7) is 3.24. The van der Waals surface area contributed by atoms with Crippen molar-refractivity contribution < 1.29 is 9.53 Å². The third kappa shape index (κ3) is 4.23. The highest BCUT2D eigenvalue weighted by molar-refractivity contribution is 5.76. The molecule has 1 heterocycles. The van der Waals surface area contributed by atoms with Crippen LogP contribution in [0.4, 0.5) is 5.69 Å². The van der Waals surface area contributed by atoms with Gasteiger partial charge >= 0.3 is 0 Å². The van der Waals surface area contributed by atoms with E-state index in [4.69, 9.17) is 4.74 Å². The van der Waals surface area contributed by atoms with Gasteiger partial charge in [0.25, 0.3) is 0 Å². The summed E-state index contributed by atoms with van der Waals surface area (Å²) in [5.41, 5.74) is 2.70. The molecule has 0 spiro atoms. The molecule has 4 heteroatoms. The van der Waals surface area contributed by atoms with Crippen molar-refractivity contribution in [2.24, 2.45) is 0 Å². The average Bonchev–Trinajstić information content (AvgIpc) is 2.49. The molecule has 1 N–H and O–H groups in total. The van der Waals surface area contributed by atoms with Gasteiger partial charge in [-0.25, -0.2) is 0 Å². The van der Waals surface area contributed by atoms with E-state index in [1.54, 1.807) is 7.11 Å². The van der Waals surface area contributed by atoms with E-state index in [2.05, 4.69) is 34.5 Å². The first-order valence-electron chi connectivity index (χ1n) is 7.40. The van der Waals surface area contributed by atoms with Crippen molar-refractivity contribution in [1.82, 2.24) is 5.32 Å². The minimum Gasteiger partial charge on any atom is -0.385 e. The molecular formula is C16H24N2O2. The fourth-order valence-electron chi connectivity index (χ4n) is 2.61. The van der Waals surface area contributed by atoms with Gasteiger partial charge in [-0.1, -0.05) is 18.2 Å². The van der Waals surface area contributed by atoms with E-state index in [-0.39, 0.29) is 5.91 Å². The molecular weight excluding hydrogens is 252 g/mol. The predicted molar refractivity (Wildman–Crippen MR) is 81.1 cm³/mol. The molecule has 110 valence electrons. The maximum Gasteiger partial charge on any atom is 0.221 e. The molecule has 0 saturated carbocycles. The maximum atomic E-state index is 11.8. The standard InChI is InChI=1S/C16H24N2O2/c1-20-13-5-10-17-16(19)9-12-18-11-4-7-14-6-2-3-8-15(14)18/h2-3,6,8H,4-5,7,9-13H2,1H3,(H,17,19). The van der Waals surface area contributed by atoms with Crippen LogP contribution in [-0.2, 0) is 16.0 Å². The van der Waals surface area contributed by atoms with Crippen LogP contribution in [0.15, 0.2) is 24.3 Å². The zero-order chi connectivity index (χ0) is 14.2. The van der Waals surface area contributed by atoms with Gasteiger partial charge in [-0.15, -0.1) is 0 Å². The van der Waals surface area contributed by atoms with Crippen molar-refractivity contribution in [3.05, 3.63) is 29.8 Å². The Morgan fingerprint density at radius 1 is 1.40 bits per heavy atom. The average molecular weight is 276 g/mol. The van der Waals surface area contributed by atoms with Crippen LogP contribution in [0.2, 0.25) is 0 Å². The van der Waals surface area contributed by atoms with E-state index >= 15 is 0 Å². The van der Waals surface area contributed by atoms with Crippen LogP contribution in [-0.4, -0.2) is 39.3 Å². The Kier molecular flexibility index (Phi) is 5.87. The predicted octanol–water partition coefficient (Wildman–Crippen LogP) is 1.98. The lowest BCUT2D eigenvalue weighted by atomic mass is 10.0. The number of aryl methyl sites for hydroxylation is 1. The molecule has 0 atom stereocenters. The number of hydrogen-bond acceptors (Lipinski definition) is 3. The summed E-state index contributed by atoms with van der Waals surface area (Å²) in [4.78, 5) is 14.1. The largest absolute Gasteiger partial charge is 0.385 e. The molecule has 1 aromatic rings. The van der Waals surface area contributed by atoms with Gasteiger partial charge in [0.05, 0.1) is 0 Å². The SMILES string of the molecule is COCCCNC(=O)CCN1CCCc2ccccc21. The minimum absolute atomic E-state index is 0.129. The van der Waals surface area contributed by atoms with Crippen LogP contribution in [0.25, 0.3) is 0 Å². The molecule has 2 rings (SSSR count). The number of rotatable bonds is 7. The number of methoxy groups -OCH3 is 1. The van der Waals surface area contributed by atoms with Gasteiger partial charge in [-0.3, -0.25) is 4.79 Å². The zero-order valence-electron chi connectivity index (χ0n) is 12.2. The number of fused-ring (bicyclic) bond motifs is 1. The van der Waals surface area contributed by atoms with Crippen molar-refractivity contribution in [2.75, 3.05) is 38.3 Å². The van der Waals surface area contributed by atoms with Crippen molar-refractivity contribution >= 4 is 11.6 Å². The lowest BCUT2D eigenvalue weighted by Gasteiger charge is -2.31. The van der Waals surface area contributed by atoms with Gasteiger partial charge in [0.2, 0.25) is 5.91 Å². The van der Waals surface area contributed by atoms with Crippen LogP contribution >= 0.6 is 0 Å². The normalized spacial score (nSPS) is 13.9. The number of ether oxygens (including phenoxy) is 1. The van der Waals surface area contributed by atoms with E-state index in [1.807, 2.05) is 0 Å². The lowest BCUT2D eigenvalue weighted by molar-refractivity contribution is -0.120. The Bertz CT molecular complexity index is 434. The molecule has 0 aliphatic carbocycles. The fourth-order valence-corrected chi connectivity index (χ4v) is 2.61. The molecule has 0 fully saturated rings. The van der Waals surface area contributed by atoms with E-state index < -0.39 is 0 Å². The Morgan fingerprint density at radius 2 is 2.25 bits per heavy atom. The number of para-hydroxylation sites is 1. The highest BCUT2D eigenvalue weighted by Gasteiger charge is 2.16. The number of hydrogen-bond donors (Lipinski definition) is 1. The summed E-state index contributed by atoms with van der Waals surface area (Å²) >= 11 is 0. The van der Waals surface area contributed by atoms with Gasteiger partial charge < -0.3 is 15.0 Å². The zero-order valence-corrected chi connectivity index (χ0v) is 12.2. The van der Waals surface area contributed by atoms with Gasteiger partial charge in [-0.05, 0) is 30.9 Å². The number of nitrogens with one attached hydrogen (secondary N) is 1. The third-order valence-corrected chi connectivity index (χ3v) is 3.66. The Hall–Kier alpha value is -1.55. The van der Waals surface area contributed by atoms with Crippen molar-refractivity contribution in [3.8, 4) is 0 Å². The molecule has 4 nitrogen and oxygen atoms in total. The molecule has 1 amide bonds. The molecule has 0 radical (unpaired) electrons. The van der Waals surface area contributed by atoms with E-state index in [1.165, 1.54) is 17.7 Å². The van der Waals surface area contributed by atoms with Crippen molar-refractivity contribution in [1.29, 1.82) is 0 Å². The lowest BCUT2D eigenvalue weighted by Crippen LogP contribution is -2.34. The van der Waals surface area contributed by atoms with Crippen LogP contribution < -0.4 is 10.2 Å². The monoisotopic (exact) mass is 276 g/mol. The van der Waals surface area contributed by atoms with Crippen LogP contribution in [0.5, 0.6) is 0 Å². The molecule has 0 unspecified atom stereocenters. The topological polar surface area (TPSA) is 41.6 Å². The smallest absolute Gasteiger partial charge is 0.221 e. The summed E-state index contributed by atoms with van der Waals surface area (Å²) in [6, 6.07) is 8.50. The summed E-state index contributed by atoms with van der Waals surface area (Å²) in [6.07, 6.45) is 3.75. The summed E-state index contributed by atoms with van der Waals surface area (Å²) in [5, 5.41) is 2.94. The summed E-state index contributed by atoms with van der Waals surface area (Å²) in [7, 11) is 1.68. The quantitative estimate of drug-likeness (QED) is 0.774. The second-order valence-corrected chi connectivity index (χ2v) is 5.17. The Balaban J connectivity index is 1.76. The van der Waals surface area contributed by atoms with E-state index in [0.717, 1.165) is 25.9 Å². The molecule has 1 aliphatic heterocycles. The number of benzene rings is 1. The van der Waals surface area contributed by atoms with Gasteiger partial charge in [0.15, 0.2) is 0 Å². The summed E-state index contributed by atoms with van der Waals surface area (Å²) in [5.74, 6) is 0.129. The Morgan fingerprint density at radius 3 is 3.10 bits per heavy atom. The van der Waals surface area contributed by atoms with Gasteiger partial charge in [0.1, 0.15) is 0 Å². The second kappa shape index (κ2) is 7.90. The van der Waals surface area contributed by atoms with E-state index in [9.17, 15) is 4.79 Å². The fraction of sp³-hybridized carbons (Fsp3) is 0.562. The molecule has 1 aromatic carbocycles. The van der Waals surface area contributed by atoms with Crippen LogP contribution in [0.1, 0.15) is 24.8 Å². The first-order chi connectivity index (χ1) is 9.81. The van der Waals surface area contributed by atoms with Crippen LogP contribution in [0.3, 0.4) is 0 Å². The van der Waals surface area contributed by atoms with Gasteiger partial charge in [0, 0.05) is 45.5 Å². The number of carbonyl (C=O) groups is 1. The number of carbonyl (C=O) groups excluding carboxylic acids is 1. The van der Waals surface area contributed by atoms with Crippen molar-refractivity contribution in [2.45, 2.75) is 25.7 Å². The highest BCUT2D eigenvalue weighted by Crippen LogP contribution is 2.26. The second-order valence-electron chi connectivity index (χ2n) is 5.17. The highest BCUT2D eigenvalue weighted by atomic mass is 16.5.